The minimum atomic E-state index is -0.554. The van der Waals surface area contributed by atoms with Crippen LogP contribution >= 0.6 is 0 Å². The first kappa shape index (κ1) is 15.6. The van der Waals surface area contributed by atoms with E-state index < -0.39 is 11.7 Å². The number of hydrogen-bond acceptors (Lipinski definition) is 4. The van der Waals surface area contributed by atoms with Gasteiger partial charge in [-0.2, -0.15) is 0 Å². The minimum absolute atomic E-state index is 0.0432. The zero-order chi connectivity index (χ0) is 14.6. The third kappa shape index (κ3) is 4.28. The van der Waals surface area contributed by atoms with Crippen LogP contribution in [-0.4, -0.2) is 35.4 Å². The normalized spacial score (nSPS) is 14.8. The summed E-state index contributed by atoms with van der Waals surface area (Å²) in [5.74, 6) is 0.485. The molecule has 1 heterocycles. The molecule has 1 N–H and O–H groups in total. The molecule has 0 spiro atoms. The molecule has 5 heteroatoms. The molecule has 0 aliphatic rings. The lowest BCUT2D eigenvalue weighted by Gasteiger charge is -2.32. The average Bonchev–Trinajstić information content (AvgIpc) is 2.80. The Morgan fingerprint density at radius 1 is 1.53 bits per heavy atom. The van der Waals surface area contributed by atoms with Crippen molar-refractivity contribution in [1.82, 2.24) is 4.90 Å². The molecule has 0 aliphatic heterocycles. The van der Waals surface area contributed by atoms with E-state index in [0.717, 1.165) is 0 Å². The van der Waals surface area contributed by atoms with Gasteiger partial charge in [-0.1, -0.05) is 6.92 Å². The fourth-order valence-electron chi connectivity index (χ4n) is 1.86. The number of ether oxygens (including phenoxy) is 1. The summed E-state index contributed by atoms with van der Waals surface area (Å²) in [5.41, 5.74) is -0.554. The van der Waals surface area contributed by atoms with Crippen LogP contribution in [0.15, 0.2) is 22.8 Å². The number of carbonyl (C=O) groups excluding carboxylic acids is 1. The predicted molar refractivity (Wildman–Crippen MR) is 71.7 cm³/mol. The van der Waals surface area contributed by atoms with Gasteiger partial charge in [0.25, 0.3) is 0 Å². The topological polar surface area (TPSA) is 62.9 Å². The second-order valence-corrected chi connectivity index (χ2v) is 5.71. The van der Waals surface area contributed by atoms with Crippen LogP contribution in [0.25, 0.3) is 0 Å². The summed E-state index contributed by atoms with van der Waals surface area (Å²) in [7, 11) is 1.65. The van der Waals surface area contributed by atoms with E-state index in [4.69, 9.17) is 9.15 Å². The summed E-state index contributed by atoms with van der Waals surface area (Å²) in [6.45, 7) is 7.26. The van der Waals surface area contributed by atoms with Crippen LogP contribution in [0.1, 0.15) is 39.5 Å². The number of carbonyl (C=O) groups is 1. The van der Waals surface area contributed by atoms with Crippen LogP contribution in [0.4, 0.5) is 4.79 Å². The Kier molecular flexibility index (Phi) is 5.00. The van der Waals surface area contributed by atoms with Gasteiger partial charge in [0.05, 0.1) is 12.3 Å². The summed E-state index contributed by atoms with van der Waals surface area (Å²) in [4.78, 5) is 13.6. The van der Waals surface area contributed by atoms with Crippen LogP contribution in [-0.2, 0) is 4.74 Å². The van der Waals surface area contributed by atoms with Gasteiger partial charge in [-0.05, 0) is 32.9 Å². The van der Waals surface area contributed by atoms with Crippen molar-refractivity contribution >= 4 is 6.09 Å². The van der Waals surface area contributed by atoms with Gasteiger partial charge in [0, 0.05) is 19.6 Å². The largest absolute Gasteiger partial charge is 0.467 e. The van der Waals surface area contributed by atoms with Crippen LogP contribution in [0.5, 0.6) is 0 Å². The molecule has 0 radical (unpaired) electrons. The van der Waals surface area contributed by atoms with Gasteiger partial charge in [-0.15, -0.1) is 0 Å². The van der Waals surface area contributed by atoms with Crippen LogP contribution in [0.2, 0.25) is 0 Å². The average molecular weight is 269 g/mol. The first-order chi connectivity index (χ1) is 8.76. The van der Waals surface area contributed by atoms with E-state index in [1.807, 2.05) is 27.7 Å². The zero-order valence-electron chi connectivity index (χ0n) is 12.2. The van der Waals surface area contributed by atoms with E-state index in [2.05, 4.69) is 0 Å². The van der Waals surface area contributed by atoms with Gasteiger partial charge < -0.3 is 19.2 Å². The number of furan rings is 1. The molecule has 19 heavy (non-hydrogen) atoms. The Balaban J connectivity index is 2.89. The SMILES string of the molecule is CC(CO)[C@@H](c1ccco1)N(C)C(=O)OC(C)(C)C. The molecule has 1 amide bonds. The minimum Gasteiger partial charge on any atom is -0.467 e. The maximum atomic E-state index is 12.1. The smallest absolute Gasteiger partial charge is 0.410 e. The number of aliphatic hydroxyl groups is 1. The second-order valence-electron chi connectivity index (χ2n) is 5.71. The lowest BCUT2D eigenvalue weighted by molar-refractivity contribution is 0.0104. The second kappa shape index (κ2) is 6.10. The van der Waals surface area contributed by atoms with Crippen molar-refractivity contribution in [3.05, 3.63) is 24.2 Å². The lowest BCUT2D eigenvalue weighted by atomic mass is 9.99. The molecule has 0 saturated carbocycles. The van der Waals surface area contributed by atoms with E-state index in [0.29, 0.717) is 5.76 Å². The molecule has 5 nitrogen and oxygen atoms in total. The summed E-state index contributed by atoms with van der Waals surface area (Å²) in [6.07, 6.45) is 1.12. The van der Waals surface area contributed by atoms with Crippen molar-refractivity contribution in [3.8, 4) is 0 Å². The molecular weight excluding hydrogens is 246 g/mol. The highest BCUT2D eigenvalue weighted by molar-refractivity contribution is 5.68. The number of hydrogen-bond donors (Lipinski definition) is 1. The van der Waals surface area contributed by atoms with Crippen LogP contribution in [0.3, 0.4) is 0 Å². The number of aliphatic hydroxyl groups excluding tert-OH is 1. The van der Waals surface area contributed by atoms with Gasteiger partial charge in [0.15, 0.2) is 0 Å². The van der Waals surface area contributed by atoms with Gasteiger partial charge in [0.1, 0.15) is 11.4 Å². The van der Waals surface area contributed by atoms with Crippen molar-refractivity contribution < 1.29 is 19.1 Å². The van der Waals surface area contributed by atoms with Gasteiger partial charge in [0.2, 0.25) is 0 Å². The molecule has 0 bridgehead atoms. The molecule has 1 unspecified atom stereocenters. The van der Waals surface area contributed by atoms with Crippen LogP contribution in [0, 0.1) is 5.92 Å². The van der Waals surface area contributed by atoms with Crippen molar-refractivity contribution in [2.24, 2.45) is 5.92 Å². The molecule has 0 saturated heterocycles. The third-order valence-electron chi connectivity index (χ3n) is 2.76. The van der Waals surface area contributed by atoms with Crippen molar-refractivity contribution in [1.29, 1.82) is 0 Å². The highest BCUT2D eigenvalue weighted by Crippen LogP contribution is 2.29. The molecule has 1 aromatic heterocycles. The molecule has 0 aromatic carbocycles. The molecule has 1 rings (SSSR count). The van der Waals surface area contributed by atoms with Gasteiger partial charge >= 0.3 is 6.09 Å². The molecular formula is C14H23NO4. The van der Waals surface area contributed by atoms with Crippen LogP contribution < -0.4 is 0 Å². The Morgan fingerprint density at radius 2 is 2.16 bits per heavy atom. The predicted octanol–water partition coefficient (Wildman–Crippen LogP) is 2.82. The first-order valence-electron chi connectivity index (χ1n) is 6.36. The lowest BCUT2D eigenvalue weighted by Crippen LogP contribution is -2.39. The fraction of sp³-hybridized carbons (Fsp3) is 0.643. The molecule has 0 fully saturated rings. The molecule has 0 aliphatic carbocycles. The third-order valence-corrected chi connectivity index (χ3v) is 2.76. The number of rotatable bonds is 4. The Morgan fingerprint density at radius 3 is 2.58 bits per heavy atom. The highest BCUT2D eigenvalue weighted by atomic mass is 16.6. The highest BCUT2D eigenvalue weighted by Gasteiger charge is 2.31. The van der Waals surface area contributed by atoms with E-state index in [1.54, 1.807) is 25.4 Å². The Labute approximate surface area is 114 Å². The van der Waals surface area contributed by atoms with Crippen molar-refractivity contribution in [2.75, 3.05) is 13.7 Å². The van der Waals surface area contributed by atoms with E-state index >= 15 is 0 Å². The molecule has 1 aromatic rings. The first-order valence-corrected chi connectivity index (χ1v) is 6.36. The summed E-state index contributed by atoms with van der Waals surface area (Å²) in [6, 6.07) is 3.20. The summed E-state index contributed by atoms with van der Waals surface area (Å²) in [5, 5.41) is 9.35. The van der Waals surface area contributed by atoms with Crippen molar-refractivity contribution in [2.45, 2.75) is 39.3 Å². The quantitative estimate of drug-likeness (QED) is 0.913. The number of amides is 1. The summed E-state index contributed by atoms with van der Waals surface area (Å²) >= 11 is 0. The maximum Gasteiger partial charge on any atom is 0.410 e. The zero-order valence-corrected chi connectivity index (χ0v) is 12.2. The Bertz CT molecular complexity index is 394. The molecule has 2 atom stereocenters. The maximum absolute atomic E-state index is 12.1. The summed E-state index contributed by atoms with van der Waals surface area (Å²) < 4.78 is 10.7. The van der Waals surface area contributed by atoms with E-state index in [1.165, 1.54) is 4.90 Å². The van der Waals surface area contributed by atoms with Gasteiger partial charge in [-0.25, -0.2) is 4.79 Å². The Hall–Kier alpha value is -1.49. The van der Waals surface area contributed by atoms with Gasteiger partial charge in [-0.3, -0.25) is 0 Å². The van der Waals surface area contributed by atoms with Crippen molar-refractivity contribution in [3.63, 3.8) is 0 Å². The fourth-order valence-corrected chi connectivity index (χ4v) is 1.86. The standard InChI is InChI=1S/C14H23NO4/c1-10(9-16)12(11-7-6-8-18-11)15(5)13(17)19-14(2,3)4/h6-8,10,12,16H,9H2,1-5H3/t10?,12-/m0/s1. The monoisotopic (exact) mass is 269 g/mol. The van der Waals surface area contributed by atoms with E-state index in [-0.39, 0.29) is 18.6 Å². The number of nitrogens with zero attached hydrogens (tertiary/aromatic N) is 1. The van der Waals surface area contributed by atoms with E-state index in [9.17, 15) is 9.90 Å². The molecule has 108 valence electrons.